The molecule has 1 fully saturated rings. The molecule has 0 bridgehead atoms. The lowest BCUT2D eigenvalue weighted by molar-refractivity contribution is 0.0756. The predicted octanol–water partition coefficient (Wildman–Crippen LogP) is 0.159. The number of hydrogen-bond acceptors (Lipinski definition) is 5. The number of ether oxygens (including phenoxy) is 1. The average molecular weight is 360 g/mol. The monoisotopic (exact) mass is 360 g/mol. The normalized spacial score (nSPS) is 21.3. The fraction of sp³-hybridized carbons (Fsp3) is 0.533. The van der Waals surface area contributed by atoms with E-state index in [1.54, 1.807) is 0 Å². The van der Waals surface area contributed by atoms with Gasteiger partial charge in [0.1, 0.15) is 17.1 Å². The molecule has 0 aromatic heterocycles. The standard InChI is InChI=1S/C15H21FN2O5S/c1-17(2)24(21,22)9-10-7-18(8-12(10)19)15(20)14-11(16)5-4-6-13(14)23-3/h4-6,10,12,19H,7-9H2,1-3H3/t10-,12-/m0/s1. The molecule has 2 rings (SSSR count). The summed E-state index contributed by atoms with van der Waals surface area (Å²) in [6, 6.07) is 4.04. The Labute approximate surface area is 140 Å². The molecule has 1 amide bonds. The van der Waals surface area contributed by atoms with Crippen molar-refractivity contribution in [3.8, 4) is 5.75 Å². The molecule has 0 radical (unpaired) electrons. The van der Waals surface area contributed by atoms with Gasteiger partial charge in [-0.3, -0.25) is 4.79 Å². The summed E-state index contributed by atoms with van der Waals surface area (Å²) in [5, 5.41) is 10.1. The van der Waals surface area contributed by atoms with Crippen LogP contribution in [-0.2, 0) is 10.0 Å². The molecule has 1 saturated heterocycles. The molecule has 1 heterocycles. The van der Waals surface area contributed by atoms with E-state index < -0.39 is 33.8 Å². The van der Waals surface area contributed by atoms with Gasteiger partial charge in [-0.15, -0.1) is 0 Å². The van der Waals surface area contributed by atoms with Crippen LogP contribution < -0.4 is 4.74 Å². The summed E-state index contributed by atoms with van der Waals surface area (Å²) in [5.41, 5.74) is -0.219. The first-order chi connectivity index (χ1) is 11.2. The van der Waals surface area contributed by atoms with Crippen molar-refractivity contribution in [1.29, 1.82) is 0 Å². The van der Waals surface area contributed by atoms with Gasteiger partial charge in [0, 0.05) is 33.1 Å². The zero-order valence-corrected chi connectivity index (χ0v) is 14.6. The molecule has 24 heavy (non-hydrogen) atoms. The Hall–Kier alpha value is -1.71. The number of hydrogen-bond donors (Lipinski definition) is 1. The Balaban J connectivity index is 2.20. The van der Waals surface area contributed by atoms with Crippen molar-refractivity contribution in [2.45, 2.75) is 6.10 Å². The summed E-state index contributed by atoms with van der Waals surface area (Å²) in [4.78, 5) is 13.8. The van der Waals surface area contributed by atoms with Gasteiger partial charge in [0.2, 0.25) is 10.0 Å². The van der Waals surface area contributed by atoms with Crippen LogP contribution in [0, 0.1) is 11.7 Å². The number of β-amino-alcohol motifs (C(OH)–C–C–N with tert-alkyl or cyclic N) is 1. The van der Waals surface area contributed by atoms with E-state index in [1.165, 1.54) is 38.2 Å². The number of sulfonamides is 1. The van der Waals surface area contributed by atoms with Crippen molar-refractivity contribution in [1.82, 2.24) is 9.21 Å². The predicted molar refractivity (Wildman–Crippen MR) is 85.8 cm³/mol. The molecule has 7 nitrogen and oxygen atoms in total. The van der Waals surface area contributed by atoms with Crippen molar-refractivity contribution >= 4 is 15.9 Å². The van der Waals surface area contributed by atoms with Crippen LogP contribution in [0.3, 0.4) is 0 Å². The van der Waals surface area contributed by atoms with Crippen molar-refractivity contribution in [3.05, 3.63) is 29.6 Å². The van der Waals surface area contributed by atoms with Crippen molar-refractivity contribution in [2.75, 3.05) is 40.0 Å². The van der Waals surface area contributed by atoms with E-state index in [9.17, 15) is 22.7 Å². The van der Waals surface area contributed by atoms with Crippen molar-refractivity contribution in [2.24, 2.45) is 5.92 Å². The highest BCUT2D eigenvalue weighted by Crippen LogP contribution is 2.27. The largest absolute Gasteiger partial charge is 0.496 e. The highest BCUT2D eigenvalue weighted by Gasteiger charge is 2.38. The van der Waals surface area contributed by atoms with Gasteiger partial charge in [-0.1, -0.05) is 6.07 Å². The van der Waals surface area contributed by atoms with Gasteiger partial charge >= 0.3 is 0 Å². The van der Waals surface area contributed by atoms with Crippen LogP contribution in [0.25, 0.3) is 0 Å². The number of aliphatic hydroxyl groups is 1. The van der Waals surface area contributed by atoms with Crippen molar-refractivity contribution in [3.63, 3.8) is 0 Å². The van der Waals surface area contributed by atoms with E-state index >= 15 is 0 Å². The summed E-state index contributed by atoms with van der Waals surface area (Å²) in [7, 11) is 0.631. The molecular formula is C15H21FN2O5S. The first kappa shape index (κ1) is 18.6. The third-order valence-corrected chi connectivity index (χ3v) is 6.05. The average Bonchev–Trinajstić information content (AvgIpc) is 2.86. The number of amides is 1. The molecule has 0 spiro atoms. The lowest BCUT2D eigenvalue weighted by Crippen LogP contribution is -2.34. The quantitative estimate of drug-likeness (QED) is 0.808. The van der Waals surface area contributed by atoms with E-state index in [0.717, 1.165) is 10.4 Å². The maximum absolute atomic E-state index is 14.0. The van der Waals surface area contributed by atoms with Gasteiger partial charge in [0.05, 0.1) is 19.0 Å². The lowest BCUT2D eigenvalue weighted by atomic mass is 10.1. The lowest BCUT2D eigenvalue weighted by Gasteiger charge is -2.19. The molecule has 134 valence electrons. The van der Waals surface area contributed by atoms with Gasteiger partial charge < -0.3 is 14.7 Å². The van der Waals surface area contributed by atoms with E-state index in [2.05, 4.69) is 0 Å². The minimum Gasteiger partial charge on any atom is -0.496 e. The van der Waals surface area contributed by atoms with E-state index in [-0.39, 0.29) is 30.2 Å². The van der Waals surface area contributed by atoms with Crippen LogP contribution in [0.4, 0.5) is 4.39 Å². The second-order valence-electron chi connectivity index (χ2n) is 5.92. The second kappa shape index (κ2) is 7.04. The number of halogens is 1. The molecule has 1 N–H and O–H groups in total. The fourth-order valence-electron chi connectivity index (χ4n) is 2.64. The van der Waals surface area contributed by atoms with Gasteiger partial charge in [0.15, 0.2) is 0 Å². The molecule has 1 aromatic rings. The summed E-state index contributed by atoms with van der Waals surface area (Å²) >= 11 is 0. The topological polar surface area (TPSA) is 87.2 Å². The highest BCUT2D eigenvalue weighted by atomic mass is 32.2. The van der Waals surface area contributed by atoms with Gasteiger partial charge in [-0.2, -0.15) is 0 Å². The Kier molecular flexibility index (Phi) is 5.46. The Morgan fingerprint density at radius 2 is 2.08 bits per heavy atom. The number of methoxy groups -OCH3 is 1. The van der Waals surface area contributed by atoms with Crippen LogP contribution in [-0.4, -0.2) is 74.8 Å². The third kappa shape index (κ3) is 3.68. The summed E-state index contributed by atoms with van der Waals surface area (Å²) in [6.45, 7) is -0.0193. The maximum atomic E-state index is 14.0. The number of rotatable bonds is 5. The maximum Gasteiger partial charge on any atom is 0.260 e. The SMILES string of the molecule is COc1cccc(F)c1C(=O)N1C[C@@H](CS(=O)(=O)N(C)C)[C@@H](O)C1. The Morgan fingerprint density at radius 1 is 1.42 bits per heavy atom. The first-order valence-corrected chi connectivity index (χ1v) is 8.98. The highest BCUT2D eigenvalue weighted by molar-refractivity contribution is 7.89. The van der Waals surface area contributed by atoms with Gasteiger partial charge in [-0.05, 0) is 12.1 Å². The number of nitrogens with zero attached hydrogens (tertiary/aromatic N) is 2. The Bertz CT molecular complexity index is 723. The molecule has 2 atom stereocenters. The molecule has 1 aromatic carbocycles. The second-order valence-corrected chi connectivity index (χ2v) is 8.14. The molecule has 0 unspecified atom stereocenters. The molecule has 9 heteroatoms. The minimum absolute atomic E-state index is 0.0323. The number of carbonyl (C=O) groups is 1. The minimum atomic E-state index is -3.51. The number of benzene rings is 1. The van der Waals surface area contributed by atoms with Gasteiger partial charge in [-0.25, -0.2) is 17.1 Å². The van der Waals surface area contributed by atoms with Gasteiger partial charge in [0.25, 0.3) is 5.91 Å². The van der Waals surface area contributed by atoms with E-state index in [0.29, 0.717) is 0 Å². The first-order valence-electron chi connectivity index (χ1n) is 7.37. The summed E-state index contributed by atoms with van der Waals surface area (Å²) in [6.07, 6.45) is -0.985. The smallest absolute Gasteiger partial charge is 0.260 e. The molecular weight excluding hydrogens is 339 g/mol. The number of likely N-dealkylation sites (tertiary alicyclic amines) is 1. The molecule has 1 aliphatic rings. The molecule has 0 aliphatic carbocycles. The van der Waals surface area contributed by atoms with Crippen LogP contribution in [0.2, 0.25) is 0 Å². The zero-order chi connectivity index (χ0) is 18.1. The molecule has 1 aliphatic heterocycles. The summed E-state index contributed by atoms with van der Waals surface area (Å²) < 4.78 is 44.0. The molecule has 0 saturated carbocycles. The zero-order valence-electron chi connectivity index (χ0n) is 13.8. The number of aliphatic hydroxyl groups excluding tert-OH is 1. The van der Waals surface area contributed by atoms with Crippen LogP contribution >= 0.6 is 0 Å². The van der Waals surface area contributed by atoms with Crippen LogP contribution in [0.5, 0.6) is 5.75 Å². The van der Waals surface area contributed by atoms with E-state index in [1.807, 2.05) is 0 Å². The van der Waals surface area contributed by atoms with Crippen molar-refractivity contribution < 1.29 is 27.4 Å². The fourth-order valence-corrected chi connectivity index (χ4v) is 3.81. The summed E-state index contributed by atoms with van der Waals surface area (Å²) in [5.74, 6) is -2.16. The third-order valence-electron chi connectivity index (χ3n) is 4.08. The Morgan fingerprint density at radius 3 is 2.67 bits per heavy atom. The van der Waals surface area contributed by atoms with Crippen LogP contribution in [0.1, 0.15) is 10.4 Å². The number of carbonyl (C=O) groups excluding carboxylic acids is 1. The van der Waals surface area contributed by atoms with Crippen LogP contribution in [0.15, 0.2) is 18.2 Å². The van der Waals surface area contributed by atoms with E-state index in [4.69, 9.17) is 4.74 Å².